The topological polar surface area (TPSA) is 148 Å². The minimum atomic E-state index is -0.550. The molecule has 50 heavy (non-hydrogen) atoms. The number of amides is 3. The van der Waals surface area contributed by atoms with Gasteiger partial charge in [-0.3, -0.25) is 9.59 Å². The van der Waals surface area contributed by atoms with E-state index in [1.165, 1.54) is 17.7 Å². The van der Waals surface area contributed by atoms with Crippen molar-refractivity contribution in [1.82, 2.24) is 29.7 Å². The van der Waals surface area contributed by atoms with Crippen molar-refractivity contribution >= 4 is 61.9 Å². The first-order valence-corrected chi connectivity index (χ1v) is 18.1. The predicted molar refractivity (Wildman–Crippen MR) is 194 cm³/mol. The number of fused-ring (bicyclic) bond motifs is 2. The Morgan fingerprint density at radius 1 is 1.06 bits per heavy atom. The summed E-state index contributed by atoms with van der Waals surface area (Å²) in [6.07, 6.45) is 6.05. The maximum absolute atomic E-state index is 14.0. The van der Waals surface area contributed by atoms with Gasteiger partial charge in [0, 0.05) is 75.2 Å². The Kier molecular flexibility index (Phi) is 9.06. The Labute approximate surface area is 295 Å². The first kappa shape index (κ1) is 33.6. The second kappa shape index (κ2) is 13.5. The van der Waals surface area contributed by atoms with Gasteiger partial charge in [0.25, 0.3) is 5.91 Å². The van der Waals surface area contributed by atoms with Gasteiger partial charge in [0.2, 0.25) is 5.91 Å². The van der Waals surface area contributed by atoms with Crippen molar-refractivity contribution in [3.05, 3.63) is 53.3 Å². The number of nitrogens with one attached hydrogen (secondary N) is 1. The summed E-state index contributed by atoms with van der Waals surface area (Å²) in [6, 6.07) is 9.89. The zero-order valence-electron chi connectivity index (χ0n) is 29.0. The van der Waals surface area contributed by atoms with Gasteiger partial charge in [-0.05, 0) is 57.4 Å². The number of thiophene rings is 1. The largest absolute Gasteiger partial charge is 0.488 e. The minimum absolute atomic E-state index is 0.0249. The number of piperidine rings is 2. The zero-order chi connectivity index (χ0) is 35.2. The lowest BCUT2D eigenvalue weighted by molar-refractivity contribution is -0.127. The number of hydrogen-bond donors (Lipinski definition) is 2. The summed E-state index contributed by atoms with van der Waals surface area (Å²) in [7, 11) is 0. The van der Waals surface area contributed by atoms with Crippen molar-refractivity contribution in [3.8, 4) is 5.75 Å². The molecule has 14 heteroatoms. The number of nitrogens with two attached hydrogens (primary N) is 1. The Balaban J connectivity index is 1.07. The van der Waals surface area contributed by atoms with E-state index in [4.69, 9.17) is 15.2 Å². The van der Waals surface area contributed by atoms with Crippen molar-refractivity contribution in [2.24, 2.45) is 0 Å². The molecule has 7 rings (SSSR count). The summed E-state index contributed by atoms with van der Waals surface area (Å²) in [5, 5.41) is 8.76. The smallest absolute Gasteiger partial charge is 0.410 e. The highest BCUT2D eigenvalue weighted by Gasteiger charge is 2.32. The van der Waals surface area contributed by atoms with Crippen LogP contribution >= 0.6 is 11.3 Å². The molecule has 3 aliphatic heterocycles. The molecule has 13 nitrogen and oxygen atoms in total. The van der Waals surface area contributed by atoms with Gasteiger partial charge in [-0.25, -0.2) is 14.3 Å². The second-order valence-corrected chi connectivity index (χ2v) is 15.3. The molecule has 0 unspecified atom stereocenters. The first-order valence-electron chi connectivity index (χ1n) is 17.2. The van der Waals surface area contributed by atoms with Crippen LogP contribution in [-0.2, 0) is 9.53 Å². The number of carbonyl (C=O) groups is 3. The molecule has 6 heterocycles. The Bertz CT molecular complexity index is 1970. The van der Waals surface area contributed by atoms with Crippen LogP contribution in [0.4, 0.5) is 16.3 Å². The molecule has 0 aliphatic carbocycles. The van der Waals surface area contributed by atoms with E-state index in [2.05, 4.69) is 32.4 Å². The number of anilines is 2. The van der Waals surface area contributed by atoms with Gasteiger partial charge >= 0.3 is 6.09 Å². The molecule has 0 bridgehead atoms. The molecular weight excluding hydrogens is 657 g/mol. The van der Waals surface area contributed by atoms with E-state index in [-0.39, 0.29) is 30.1 Å². The first-order chi connectivity index (χ1) is 23.9. The number of likely N-dealkylation sites (tertiary alicyclic amines) is 1. The highest BCUT2D eigenvalue weighted by Crippen LogP contribution is 2.40. The van der Waals surface area contributed by atoms with Gasteiger partial charge in [-0.15, -0.1) is 11.3 Å². The summed E-state index contributed by atoms with van der Waals surface area (Å²) >= 11 is 1.44. The molecule has 3 amide bonds. The lowest BCUT2D eigenvalue weighted by atomic mass is 10.0. The third kappa shape index (κ3) is 6.80. The lowest BCUT2D eigenvalue weighted by Crippen LogP contribution is -2.47. The summed E-state index contributed by atoms with van der Waals surface area (Å²) < 4.78 is 15.0. The van der Waals surface area contributed by atoms with Crippen molar-refractivity contribution in [2.75, 3.05) is 49.9 Å². The number of nitrogens with zero attached hydrogens (tertiary/aromatic N) is 6. The van der Waals surface area contributed by atoms with Crippen LogP contribution in [-0.4, -0.2) is 99.3 Å². The van der Waals surface area contributed by atoms with E-state index in [9.17, 15) is 14.4 Å². The number of aromatic nitrogens is 3. The lowest BCUT2D eigenvalue weighted by Gasteiger charge is -2.34. The van der Waals surface area contributed by atoms with Crippen LogP contribution < -0.4 is 20.7 Å². The minimum Gasteiger partial charge on any atom is -0.488 e. The van der Waals surface area contributed by atoms with Crippen LogP contribution in [0.5, 0.6) is 5.75 Å². The van der Waals surface area contributed by atoms with Crippen LogP contribution in [0.25, 0.3) is 21.2 Å². The van der Waals surface area contributed by atoms with Crippen LogP contribution in [0.1, 0.15) is 68.7 Å². The fourth-order valence-electron chi connectivity index (χ4n) is 7.00. The van der Waals surface area contributed by atoms with E-state index in [1.54, 1.807) is 16.7 Å². The highest BCUT2D eigenvalue weighted by molar-refractivity contribution is 7.21. The van der Waals surface area contributed by atoms with Crippen molar-refractivity contribution in [3.63, 3.8) is 0 Å². The van der Waals surface area contributed by atoms with Gasteiger partial charge < -0.3 is 35.2 Å². The number of rotatable bonds is 6. The molecule has 2 saturated heterocycles. The fraction of sp³-hybridized carbons (Fsp3) is 0.472. The highest BCUT2D eigenvalue weighted by atomic mass is 32.1. The quantitative estimate of drug-likeness (QED) is 0.285. The number of nitrogen functional groups attached to an aromatic ring is 1. The average Bonchev–Trinajstić information content (AvgIpc) is 3.81. The average molecular weight is 701 g/mol. The molecule has 0 radical (unpaired) electrons. The van der Waals surface area contributed by atoms with Crippen molar-refractivity contribution in [1.29, 1.82) is 0 Å². The normalized spacial score (nSPS) is 18.8. The van der Waals surface area contributed by atoms with Crippen LogP contribution in [0.15, 0.2) is 42.7 Å². The van der Waals surface area contributed by atoms with E-state index in [1.807, 2.05) is 49.6 Å². The third-order valence-corrected chi connectivity index (χ3v) is 10.6. The Morgan fingerprint density at radius 3 is 2.58 bits per heavy atom. The van der Waals surface area contributed by atoms with Crippen molar-refractivity contribution in [2.45, 2.75) is 71.1 Å². The fourth-order valence-corrected chi connectivity index (χ4v) is 8.04. The number of hydrogen-bond acceptors (Lipinski definition) is 10. The maximum Gasteiger partial charge on any atom is 0.410 e. The summed E-state index contributed by atoms with van der Waals surface area (Å²) in [5.74, 6) is 0.837. The van der Waals surface area contributed by atoms with Crippen LogP contribution in [0.3, 0.4) is 0 Å². The number of benzene rings is 1. The molecule has 2 fully saturated rings. The van der Waals surface area contributed by atoms with Gasteiger partial charge in [0.05, 0.1) is 11.4 Å². The van der Waals surface area contributed by atoms with E-state index >= 15 is 0 Å². The summed E-state index contributed by atoms with van der Waals surface area (Å²) in [6.45, 7) is 10.7. The van der Waals surface area contributed by atoms with Gasteiger partial charge in [-0.1, -0.05) is 18.2 Å². The van der Waals surface area contributed by atoms with Gasteiger partial charge in [0.1, 0.15) is 28.4 Å². The molecule has 4 aromatic rings. The van der Waals surface area contributed by atoms with Crippen LogP contribution in [0, 0.1) is 0 Å². The summed E-state index contributed by atoms with van der Waals surface area (Å²) in [4.78, 5) is 49.3. The zero-order valence-corrected chi connectivity index (χ0v) is 29.8. The molecule has 0 saturated carbocycles. The molecule has 1 aromatic carbocycles. The molecule has 264 valence electrons. The maximum atomic E-state index is 14.0. The molecule has 1 atom stereocenters. The third-order valence-electron chi connectivity index (χ3n) is 9.49. The van der Waals surface area contributed by atoms with E-state index in [0.29, 0.717) is 62.0 Å². The number of carbonyl (C=O) groups excluding carboxylic acids is 3. The summed E-state index contributed by atoms with van der Waals surface area (Å²) in [5.41, 5.74) is 9.39. The van der Waals surface area contributed by atoms with Crippen LogP contribution in [0.2, 0.25) is 0 Å². The standard InChI is InChI=1S/C36H44N8O5S/c1-22(45)42-15-11-23(19-42)27-18-28(30-33(37)38-21-39-44(27)30)43-14-7-8-24(20-43)40-34(46)32-31(26-9-5-6-10-29(26)50-32)48-25-12-16-41(17-13-25)35(47)49-36(2,3)4/h5-6,9-11,18,21,24-25H,7-8,12-17,19-20H2,1-4H3,(H,40,46)(H2,37,38,39)/t24-/m1/s1. The van der Waals surface area contributed by atoms with E-state index in [0.717, 1.165) is 51.9 Å². The monoisotopic (exact) mass is 700 g/mol. The SMILES string of the molecule is CC(=O)N1CC=C(c2cc(N3CCC[C@@H](NC(=O)c4sc5ccccc5c4OC4CCN(C(=O)OC(C)(C)C)CC4)C3)c3c(N)ncnn23)C1. The molecular formula is C36H44N8O5S. The second-order valence-electron chi connectivity index (χ2n) is 14.2. The molecule has 3 aromatic heterocycles. The van der Waals surface area contributed by atoms with Gasteiger partial charge in [-0.2, -0.15) is 5.10 Å². The van der Waals surface area contributed by atoms with Gasteiger partial charge in [0.15, 0.2) is 11.6 Å². The molecule has 3 N–H and O–H groups in total. The van der Waals surface area contributed by atoms with Crippen molar-refractivity contribution < 1.29 is 23.9 Å². The molecule has 0 spiro atoms. The Hall–Kier alpha value is -4.85. The number of ether oxygens (including phenoxy) is 2. The molecule has 3 aliphatic rings. The predicted octanol–water partition coefficient (Wildman–Crippen LogP) is 4.95. The van der Waals surface area contributed by atoms with E-state index < -0.39 is 5.60 Å². The Morgan fingerprint density at radius 2 is 1.84 bits per heavy atom.